The largest absolute Gasteiger partial charge is 0.457 e. The topological polar surface area (TPSA) is 112 Å². The van der Waals surface area contributed by atoms with Crippen LogP contribution in [0.4, 0.5) is 15.4 Å². The highest BCUT2D eigenvalue weighted by molar-refractivity contribution is 5.94. The number of carbonyl (C=O) groups excluding carboxylic acids is 2. The van der Waals surface area contributed by atoms with E-state index in [4.69, 9.17) is 9.84 Å². The Morgan fingerprint density at radius 3 is 2.60 bits per heavy atom. The fourth-order valence-electron chi connectivity index (χ4n) is 4.26. The Morgan fingerprint density at radius 2 is 1.86 bits per heavy atom. The third-order valence-electron chi connectivity index (χ3n) is 6.38. The first kappa shape index (κ1) is 23.1. The average Bonchev–Trinajstić information content (AvgIpc) is 3.61. The van der Waals surface area contributed by atoms with E-state index in [1.165, 1.54) is 0 Å². The van der Waals surface area contributed by atoms with E-state index in [-0.39, 0.29) is 18.7 Å². The molecule has 1 saturated heterocycles. The number of aliphatic hydroxyl groups excluding tert-OH is 1. The Hall–Kier alpha value is -3.63. The summed E-state index contributed by atoms with van der Waals surface area (Å²) in [5, 5.41) is 15.9. The van der Waals surface area contributed by atoms with Gasteiger partial charge in [0.25, 0.3) is 0 Å². The Morgan fingerprint density at radius 1 is 1.09 bits per heavy atom. The molecule has 0 atom stereocenters. The minimum Gasteiger partial charge on any atom is -0.457 e. The highest BCUT2D eigenvalue weighted by Gasteiger charge is 2.25. The quantitative estimate of drug-likeness (QED) is 0.502. The van der Waals surface area contributed by atoms with E-state index in [2.05, 4.69) is 20.5 Å². The second-order valence-corrected chi connectivity index (χ2v) is 9.05. The lowest BCUT2D eigenvalue weighted by atomic mass is 10.2. The predicted octanol–water partition coefficient (Wildman–Crippen LogP) is 3.00. The average molecular weight is 479 g/mol. The molecule has 3 heterocycles. The third kappa shape index (κ3) is 5.39. The molecule has 0 bridgehead atoms. The number of pyridine rings is 1. The Bertz CT molecular complexity index is 1230. The lowest BCUT2D eigenvalue weighted by molar-refractivity contribution is 0.127. The summed E-state index contributed by atoms with van der Waals surface area (Å²) < 4.78 is 7.70. The van der Waals surface area contributed by atoms with Crippen molar-refractivity contribution in [2.75, 3.05) is 44.6 Å². The molecular formula is C25H30N6O4. The summed E-state index contributed by atoms with van der Waals surface area (Å²) >= 11 is 0. The first-order valence-electron chi connectivity index (χ1n) is 12.0. The maximum absolute atomic E-state index is 12.6. The predicted molar refractivity (Wildman–Crippen MR) is 132 cm³/mol. The van der Waals surface area contributed by atoms with Crippen LogP contribution in [0.1, 0.15) is 18.4 Å². The first-order valence-corrected chi connectivity index (χ1v) is 12.0. The van der Waals surface area contributed by atoms with E-state index in [1.807, 2.05) is 31.3 Å². The van der Waals surface area contributed by atoms with Gasteiger partial charge in [-0.25, -0.2) is 14.6 Å². The zero-order chi connectivity index (χ0) is 24.4. The first-order chi connectivity index (χ1) is 17.0. The molecule has 184 valence electrons. The molecular weight excluding hydrogens is 448 g/mol. The van der Waals surface area contributed by atoms with Crippen LogP contribution < -0.4 is 15.4 Å². The molecule has 1 aliphatic heterocycles. The minimum atomic E-state index is -0.207. The summed E-state index contributed by atoms with van der Waals surface area (Å²) in [7, 11) is 0. The molecule has 35 heavy (non-hydrogen) atoms. The summed E-state index contributed by atoms with van der Waals surface area (Å²) in [6.07, 6.45) is 5.51. The molecule has 2 fully saturated rings. The van der Waals surface area contributed by atoms with Crippen LogP contribution in [-0.4, -0.2) is 81.9 Å². The van der Waals surface area contributed by atoms with Gasteiger partial charge in [0.2, 0.25) is 0 Å². The number of aryl methyl sites for hydroxylation is 1. The molecule has 3 N–H and O–H groups in total. The zero-order valence-corrected chi connectivity index (χ0v) is 19.7. The zero-order valence-electron chi connectivity index (χ0n) is 19.7. The van der Waals surface area contributed by atoms with Crippen molar-refractivity contribution in [3.8, 4) is 11.5 Å². The van der Waals surface area contributed by atoms with Crippen LogP contribution in [0, 0.1) is 6.92 Å². The molecule has 10 heteroatoms. The Balaban J connectivity index is 1.24. The Labute approximate surface area is 203 Å². The lowest BCUT2D eigenvalue weighted by Gasteiger charge is -2.34. The van der Waals surface area contributed by atoms with Gasteiger partial charge < -0.3 is 20.1 Å². The van der Waals surface area contributed by atoms with Crippen molar-refractivity contribution in [2.45, 2.75) is 25.8 Å². The SMILES string of the molecule is Cc1cn(C(=O)NC2CC2)c2ccc(Oc3ccnc(NC(=O)N4CCN(CCO)CC4)c3)cc12. The van der Waals surface area contributed by atoms with Gasteiger partial charge in [0.05, 0.1) is 12.1 Å². The van der Waals surface area contributed by atoms with Gasteiger partial charge in [-0.15, -0.1) is 0 Å². The van der Waals surface area contributed by atoms with Crippen molar-refractivity contribution in [3.05, 3.63) is 48.3 Å². The molecule has 1 aliphatic carbocycles. The molecule has 2 aliphatic rings. The van der Waals surface area contributed by atoms with Crippen LogP contribution in [0.3, 0.4) is 0 Å². The number of β-amino-alcohol motifs (C(OH)–C–C–N with tert-alkyl or cyclic N) is 1. The lowest BCUT2D eigenvalue weighted by Crippen LogP contribution is -2.50. The van der Waals surface area contributed by atoms with E-state index < -0.39 is 0 Å². The van der Waals surface area contributed by atoms with Crippen LogP contribution in [0.2, 0.25) is 0 Å². The number of rotatable bonds is 6. The molecule has 1 saturated carbocycles. The van der Waals surface area contributed by atoms with Crippen molar-refractivity contribution < 1.29 is 19.4 Å². The number of nitrogens with zero attached hydrogens (tertiary/aromatic N) is 4. The number of ether oxygens (including phenoxy) is 1. The second kappa shape index (κ2) is 9.93. The maximum atomic E-state index is 12.6. The number of urea groups is 1. The van der Waals surface area contributed by atoms with Crippen LogP contribution in [0.5, 0.6) is 11.5 Å². The number of nitrogens with one attached hydrogen (secondary N) is 2. The maximum Gasteiger partial charge on any atom is 0.326 e. The van der Waals surface area contributed by atoms with E-state index in [0.717, 1.165) is 42.4 Å². The van der Waals surface area contributed by atoms with E-state index in [0.29, 0.717) is 43.0 Å². The number of hydrogen-bond acceptors (Lipinski definition) is 6. The number of aromatic nitrogens is 2. The van der Waals surface area contributed by atoms with Crippen LogP contribution in [-0.2, 0) is 0 Å². The smallest absolute Gasteiger partial charge is 0.326 e. The van der Waals surface area contributed by atoms with Gasteiger partial charge in [-0.3, -0.25) is 14.8 Å². The van der Waals surface area contributed by atoms with Crippen molar-refractivity contribution in [1.82, 2.24) is 24.7 Å². The number of aliphatic hydroxyl groups is 1. The van der Waals surface area contributed by atoms with Gasteiger partial charge >= 0.3 is 12.1 Å². The fourth-order valence-corrected chi connectivity index (χ4v) is 4.26. The fraction of sp³-hybridized carbons (Fsp3) is 0.400. The van der Waals surface area contributed by atoms with Crippen molar-refractivity contribution in [1.29, 1.82) is 0 Å². The van der Waals surface area contributed by atoms with E-state index in [9.17, 15) is 9.59 Å². The van der Waals surface area contributed by atoms with Gasteiger partial charge in [0.1, 0.15) is 17.3 Å². The molecule has 2 aromatic heterocycles. The summed E-state index contributed by atoms with van der Waals surface area (Å²) in [6, 6.07) is 9.01. The number of piperazine rings is 1. The van der Waals surface area contributed by atoms with Crippen LogP contribution >= 0.6 is 0 Å². The number of fused-ring (bicyclic) bond motifs is 1. The normalized spacial score (nSPS) is 16.3. The van der Waals surface area contributed by atoms with Gasteiger partial charge in [-0.2, -0.15) is 0 Å². The molecule has 0 spiro atoms. The van der Waals surface area contributed by atoms with Gasteiger partial charge in [0.15, 0.2) is 0 Å². The number of anilines is 1. The standard InChI is InChI=1S/C25H30N6O4/c1-17-16-31(25(34)27-18-2-3-18)22-5-4-19(14-21(17)22)35-20-6-7-26-23(15-20)28-24(33)30-10-8-29(9-11-30)12-13-32/h4-7,14-16,18,32H,2-3,8-13H2,1H3,(H,27,34)(H,26,28,33). The van der Waals surface area contributed by atoms with E-state index >= 15 is 0 Å². The minimum absolute atomic E-state index is 0.108. The summed E-state index contributed by atoms with van der Waals surface area (Å²) in [5.74, 6) is 1.58. The number of carbonyl (C=O) groups is 2. The molecule has 1 aromatic carbocycles. The van der Waals surface area contributed by atoms with Crippen LogP contribution in [0.25, 0.3) is 10.9 Å². The van der Waals surface area contributed by atoms with Crippen LogP contribution in [0.15, 0.2) is 42.7 Å². The highest BCUT2D eigenvalue weighted by Crippen LogP contribution is 2.30. The molecule has 0 unspecified atom stereocenters. The number of hydrogen-bond donors (Lipinski definition) is 3. The van der Waals surface area contributed by atoms with Gasteiger partial charge in [0, 0.05) is 62.6 Å². The van der Waals surface area contributed by atoms with Crippen molar-refractivity contribution >= 4 is 28.8 Å². The molecule has 3 amide bonds. The Kier molecular flexibility index (Phi) is 6.56. The van der Waals surface area contributed by atoms with Gasteiger partial charge in [-0.1, -0.05) is 0 Å². The summed E-state index contributed by atoms with van der Waals surface area (Å²) in [4.78, 5) is 33.3. The monoisotopic (exact) mass is 478 g/mol. The molecule has 10 nitrogen and oxygen atoms in total. The molecule has 5 rings (SSSR count). The van der Waals surface area contributed by atoms with E-state index in [1.54, 1.807) is 27.8 Å². The van der Waals surface area contributed by atoms with Crippen molar-refractivity contribution in [3.63, 3.8) is 0 Å². The third-order valence-corrected chi connectivity index (χ3v) is 6.38. The summed E-state index contributed by atoms with van der Waals surface area (Å²) in [6.45, 7) is 5.38. The van der Waals surface area contributed by atoms with Gasteiger partial charge in [-0.05, 0) is 49.6 Å². The summed E-state index contributed by atoms with van der Waals surface area (Å²) in [5.41, 5.74) is 1.81. The second-order valence-electron chi connectivity index (χ2n) is 9.05. The molecule has 0 radical (unpaired) electrons. The molecule has 3 aromatic rings. The number of benzene rings is 1. The van der Waals surface area contributed by atoms with Crippen molar-refractivity contribution in [2.24, 2.45) is 0 Å². The number of amides is 3. The highest BCUT2D eigenvalue weighted by atomic mass is 16.5.